The molecule has 1 aromatic rings. The molecule has 0 saturated carbocycles. The normalized spacial score (nSPS) is 11.2. The van der Waals surface area contributed by atoms with Gasteiger partial charge in [0.2, 0.25) is 10.0 Å². The van der Waals surface area contributed by atoms with Crippen LogP contribution in [0, 0.1) is 0 Å². The number of hydrogen-bond acceptors (Lipinski definition) is 4. The highest BCUT2D eigenvalue weighted by Gasteiger charge is 2.07. The number of sulfonamides is 1. The number of carbonyl (C=O) groups excluding carboxylic acids is 1. The van der Waals surface area contributed by atoms with E-state index >= 15 is 0 Å². The van der Waals surface area contributed by atoms with E-state index in [4.69, 9.17) is 5.14 Å². The Labute approximate surface area is 108 Å². The second-order valence-corrected chi connectivity index (χ2v) is 6.02. The third-order valence-corrected chi connectivity index (χ3v) is 3.15. The van der Waals surface area contributed by atoms with Crippen LogP contribution in [0.1, 0.15) is 16.8 Å². The highest BCUT2D eigenvalue weighted by Crippen LogP contribution is 2.09. The molecule has 0 aliphatic heterocycles. The second-order valence-electron chi connectivity index (χ2n) is 3.37. The Morgan fingerprint density at radius 3 is 2.76 bits per heavy atom. The smallest absolute Gasteiger partial charge is 0.252 e. The highest BCUT2D eigenvalue weighted by molar-refractivity contribution is 9.10. The maximum Gasteiger partial charge on any atom is 0.252 e. The van der Waals surface area contributed by atoms with Gasteiger partial charge in [0, 0.05) is 23.4 Å². The summed E-state index contributed by atoms with van der Waals surface area (Å²) < 4.78 is 22.0. The Balaban J connectivity index is 2.41. The number of hydrogen-bond donors (Lipinski definition) is 2. The number of halogens is 1. The summed E-state index contributed by atoms with van der Waals surface area (Å²) in [7, 11) is -3.46. The molecule has 1 aromatic heterocycles. The molecule has 0 atom stereocenters. The van der Waals surface area contributed by atoms with E-state index in [2.05, 4.69) is 26.2 Å². The number of nitrogens with two attached hydrogens (primary N) is 1. The summed E-state index contributed by atoms with van der Waals surface area (Å²) in [5, 5.41) is 7.41. The van der Waals surface area contributed by atoms with Crippen LogP contribution in [-0.2, 0) is 10.0 Å². The van der Waals surface area contributed by atoms with Crippen LogP contribution in [0.4, 0.5) is 0 Å². The molecule has 17 heavy (non-hydrogen) atoms. The summed E-state index contributed by atoms with van der Waals surface area (Å²) in [6, 6.07) is 1.63. The first kappa shape index (κ1) is 14.1. The zero-order valence-electron chi connectivity index (χ0n) is 8.89. The third-order valence-electron chi connectivity index (χ3n) is 1.86. The van der Waals surface area contributed by atoms with E-state index in [9.17, 15) is 13.2 Å². The molecule has 8 heteroatoms. The molecule has 0 bridgehead atoms. The molecule has 0 aliphatic carbocycles. The molecule has 0 saturated heterocycles. The van der Waals surface area contributed by atoms with E-state index in [1.54, 1.807) is 12.3 Å². The van der Waals surface area contributed by atoms with E-state index in [0.29, 0.717) is 10.0 Å². The summed E-state index contributed by atoms with van der Waals surface area (Å²) in [5.41, 5.74) is 0.412. The quantitative estimate of drug-likeness (QED) is 0.759. The lowest BCUT2D eigenvalue weighted by atomic mass is 10.2. The van der Waals surface area contributed by atoms with Crippen molar-refractivity contribution < 1.29 is 13.2 Å². The van der Waals surface area contributed by atoms with E-state index in [-0.39, 0.29) is 24.6 Å². The van der Waals surface area contributed by atoms with Gasteiger partial charge in [-0.2, -0.15) is 0 Å². The maximum atomic E-state index is 11.6. The SMILES string of the molecule is NS(=O)(=O)CCCNC(=O)c1cncc(Br)c1. The number of amides is 1. The molecule has 0 radical (unpaired) electrons. The van der Waals surface area contributed by atoms with Gasteiger partial charge in [-0.15, -0.1) is 0 Å². The topological polar surface area (TPSA) is 102 Å². The van der Waals surface area contributed by atoms with E-state index < -0.39 is 10.0 Å². The van der Waals surface area contributed by atoms with Gasteiger partial charge < -0.3 is 5.32 Å². The van der Waals surface area contributed by atoms with Gasteiger partial charge in [-0.25, -0.2) is 13.6 Å². The van der Waals surface area contributed by atoms with Crippen LogP contribution in [0.25, 0.3) is 0 Å². The summed E-state index contributed by atoms with van der Waals surface area (Å²) in [5.74, 6) is -0.447. The molecule has 6 nitrogen and oxygen atoms in total. The van der Waals surface area contributed by atoms with Crippen LogP contribution in [0.2, 0.25) is 0 Å². The number of pyridine rings is 1. The fourth-order valence-corrected chi connectivity index (χ4v) is 2.02. The minimum atomic E-state index is -3.46. The highest BCUT2D eigenvalue weighted by atomic mass is 79.9. The van der Waals surface area contributed by atoms with Gasteiger partial charge in [-0.05, 0) is 28.4 Å². The summed E-state index contributed by atoms with van der Waals surface area (Å²) in [4.78, 5) is 15.4. The Kier molecular flexibility index (Phi) is 5.03. The molecule has 0 aromatic carbocycles. The number of nitrogens with zero attached hydrogens (tertiary/aromatic N) is 1. The van der Waals surface area contributed by atoms with E-state index in [1.165, 1.54) is 6.20 Å². The first-order chi connectivity index (χ1) is 7.88. The van der Waals surface area contributed by atoms with Crippen LogP contribution >= 0.6 is 15.9 Å². The van der Waals surface area contributed by atoms with Crippen molar-refractivity contribution in [2.45, 2.75) is 6.42 Å². The van der Waals surface area contributed by atoms with Crippen molar-refractivity contribution in [3.63, 3.8) is 0 Å². The first-order valence-electron chi connectivity index (χ1n) is 4.78. The Bertz CT molecular complexity index is 504. The maximum absolute atomic E-state index is 11.6. The molecular formula is C9H12BrN3O3S. The van der Waals surface area contributed by atoms with Crippen molar-refractivity contribution in [2.75, 3.05) is 12.3 Å². The van der Waals surface area contributed by atoms with Crippen LogP contribution in [-0.4, -0.2) is 31.6 Å². The second kappa shape index (κ2) is 6.08. The minimum absolute atomic E-state index is 0.149. The minimum Gasteiger partial charge on any atom is -0.352 e. The lowest BCUT2D eigenvalue weighted by Gasteiger charge is -2.04. The largest absolute Gasteiger partial charge is 0.352 e. The molecule has 1 rings (SSSR count). The summed E-state index contributed by atoms with van der Waals surface area (Å²) >= 11 is 3.20. The number of nitrogens with one attached hydrogen (secondary N) is 1. The van der Waals surface area contributed by atoms with Crippen LogP contribution in [0.5, 0.6) is 0 Å². The Morgan fingerprint density at radius 2 is 2.18 bits per heavy atom. The zero-order valence-corrected chi connectivity index (χ0v) is 11.3. The molecule has 1 amide bonds. The third kappa shape index (κ3) is 5.76. The van der Waals surface area contributed by atoms with Gasteiger partial charge in [0.1, 0.15) is 0 Å². The van der Waals surface area contributed by atoms with Crippen molar-refractivity contribution in [3.8, 4) is 0 Å². The van der Waals surface area contributed by atoms with E-state index in [1.807, 2.05) is 0 Å². The van der Waals surface area contributed by atoms with Gasteiger partial charge >= 0.3 is 0 Å². The standard InChI is InChI=1S/C9H12BrN3O3S/c10-8-4-7(5-12-6-8)9(14)13-2-1-3-17(11,15)16/h4-6H,1-3H2,(H,13,14)(H2,11,15,16). The van der Waals surface area contributed by atoms with Crippen molar-refractivity contribution in [1.29, 1.82) is 0 Å². The molecular weight excluding hydrogens is 310 g/mol. The molecule has 0 aliphatic rings. The molecule has 0 unspecified atom stereocenters. The summed E-state index contributed by atoms with van der Waals surface area (Å²) in [6.45, 7) is 0.252. The first-order valence-corrected chi connectivity index (χ1v) is 7.28. The lowest BCUT2D eigenvalue weighted by Crippen LogP contribution is -2.27. The Hall–Kier alpha value is -0.990. The fraction of sp³-hybridized carbons (Fsp3) is 0.333. The average Bonchev–Trinajstić information content (AvgIpc) is 2.23. The van der Waals surface area contributed by atoms with Gasteiger partial charge in [-0.1, -0.05) is 0 Å². The molecule has 0 spiro atoms. The number of rotatable bonds is 5. The fourth-order valence-electron chi connectivity index (χ4n) is 1.11. The van der Waals surface area contributed by atoms with Gasteiger partial charge in [0.15, 0.2) is 0 Å². The molecule has 1 heterocycles. The van der Waals surface area contributed by atoms with Crippen molar-refractivity contribution in [3.05, 3.63) is 28.5 Å². The molecule has 3 N–H and O–H groups in total. The van der Waals surface area contributed by atoms with Crippen molar-refractivity contribution in [2.24, 2.45) is 5.14 Å². The number of carbonyl (C=O) groups is 1. The number of primary sulfonamides is 1. The summed E-state index contributed by atoms with van der Waals surface area (Å²) in [6.07, 6.45) is 3.28. The van der Waals surface area contributed by atoms with Crippen LogP contribution in [0.15, 0.2) is 22.9 Å². The average molecular weight is 322 g/mol. The molecule has 94 valence electrons. The van der Waals surface area contributed by atoms with Crippen LogP contribution in [0.3, 0.4) is 0 Å². The lowest BCUT2D eigenvalue weighted by molar-refractivity contribution is 0.0953. The van der Waals surface area contributed by atoms with Crippen molar-refractivity contribution >= 4 is 31.9 Å². The van der Waals surface area contributed by atoms with Crippen molar-refractivity contribution in [1.82, 2.24) is 10.3 Å². The van der Waals surface area contributed by atoms with Gasteiger partial charge in [0.05, 0.1) is 11.3 Å². The number of aromatic nitrogens is 1. The predicted molar refractivity (Wildman–Crippen MR) is 66.9 cm³/mol. The Morgan fingerprint density at radius 1 is 1.47 bits per heavy atom. The van der Waals surface area contributed by atoms with Gasteiger partial charge in [0.25, 0.3) is 5.91 Å². The molecule has 0 fully saturated rings. The van der Waals surface area contributed by atoms with Crippen LogP contribution < -0.4 is 10.5 Å². The predicted octanol–water partition coefficient (Wildman–Crippen LogP) is 0.253. The monoisotopic (exact) mass is 321 g/mol. The zero-order chi connectivity index (χ0) is 12.9. The van der Waals surface area contributed by atoms with E-state index in [0.717, 1.165) is 0 Å². The van der Waals surface area contributed by atoms with Gasteiger partial charge in [-0.3, -0.25) is 9.78 Å².